The molecule has 2 aliphatic heterocycles. The molecule has 3 heterocycles. The Kier molecular flexibility index (Phi) is 5.88. The van der Waals surface area contributed by atoms with Crippen LogP contribution in [0, 0.1) is 39.4 Å². The number of epoxide rings is 1. The fourth-order valence-corrected chi connectivity index (χ4v) is 11.1. The third-order valence-electron chi connectivity index (χ3n) is 12.8. The first-order valence-electron chi connectivity index (χ1n) is 15.3. The third-order valence-corrected chi connectivity index (χ3v) is 12.8. The number of aliphatic hydroxyl groups is 2. The molecule has 0 amide bonds. The van der Waals surface area contributed by atoms with Crippen LogP contribution in [0.2, 0.25) is 0 Å². The van der Waals surface area contributed by atoms with Gasteiger partial charge in [0, 0.05) is 41.9 Å². The molecule has 4 aliphatic carbocycles. The van der Waals surface area contributed by atoms with Crippen molar-refractivity contribution in [2.75, 3.05) is 6.61 Å². The third kappa shape index (κ3) is 3.07. The van der Waals surface area contributed by atoms with Gasteiger partial charge in [-0.1, -0.05) is 27.7 Å². The fourth-order valence-electron chi connectivity index (χ4n) is 11.1. The smallest absolute Gasteiger partial charge is 0.310 e. The van der Waals surface area contributed by atoms with Crippen LogP contribution in [0.4, 0.5) is 0 Å². The van der Waals surface area contributed by atoms with Crippen LogP contribution in [0.25, 0.3) is 0 Å². The van der Waals surface area contributed by atoms with E-state index in [-0.39, 0.29) is 43.7 Å². The summed E-state index contributed by atoms with van der Waals surface area (Å²) in [4.78, 5) is 39.8. The number of esters is 2. The Morgan fingerprint density at radius 1 is 1.07 bits per heavy atom. The highest BCUT2D eigenvalue weighted by atomic mass is 16.7. The summed E-state index contributed by atoms with van der Waals surface area (Å²) >= 11 is 0. The monoisotopic (exact) mass is 586 g/mol. The lowest BCUT2D eigenvalue weighted by Crippen LogP contribution is -2.80. The summed E-state index contributed by atoms with van der Waals surface area (Å²) in [5, 5.41) is 24.3. The van der Waals surface area contributed by atoms with Crippen molar-refractivity contribution in [3.05, 3.63) is 24.2 Å². The average Bonchev–Trinajstić information content (AvgIpc) is 3.27. The summed E-state index contributed by atoms with van der Waals surface area (Å²) in [5.41, 5.74) is -3.57. The molecule has 6 aliphatic rings. The number of carbonyl (C=O) groups is 3. The molecule has 13 atom stereocenters. The highest BCUT2D eigenvalue weighted by Gasteiger charge is 2.90. The number of ether oxygens (including phenoxy) is 4. The second-order valence-electron chi connectivity index (χ2n) is 14.8. The number of aliphatic hydroxyl groups excluding tert-OH is 2. The largest absolute Gasteiger partial charge is 0.472 e. The Bertz CT molecular complexity index is 1320. The summed E-state index contributed by atoms with van der Waals surface area (Å²) < 4.78 is 30.1. The van der Waals surface area contributed by atoms with Crippen LogP contribution in [0.1, 0.15) is 78.7 Å². The zero-order valence-electron chi connectivity index (χ0n) is 25.1. The van der Waals surface area contributed by atoms with E-state index in [1.807, 2.05) is 19.9 Å². The van der Waals surface area contributed by atoms with E-state index in [4.69, 9.17) is 23.4 Å². The van der Waals surface area contributed by atoms with Gasteiger partial charge in [0.1, 0.15) is 17.5 Å². The predicted octanol–water partition coefficient (Wildman–Crippen LogP) is 3.13. The molecule has 6 fully saturated rings. The minimum atomic E-state index is -1.12. The molecular weight excluding hydrogens is 544 g/mol. The summed E-state index contributed by atoms with van der Waals surface area (Å²) in [6.07, 6.45) is 0.474. The van der Waals surface area contributed by atoms with Crippen molar-refractivity contribution < 1.29 is 48.0 Å². The Hall–Kier alpha value is -2.27. The van der Waals surface area contributed by atoms with E-state index in [0.717, 1.165) is 5.56 Å². The standard InChI is InChI=1S/C32H42O10/c1-15(2)26(37)41-27-29(5)20-10-21(35)30(6)25(31(20,14-39-27)22(36)11-23(29)40-16(3)33)19(34)12-28(4)18(17-7-8-38-13-17)9-24-32(28,30)42-24/h7-8,13,15,18,20-25,27,35-36H,9-12,14H2,1-6H3/t18-,20-,21+,22-,23+,24+,25-,27-,28-,29+,30+,31+,32+/m0/s1. The summed E-state index contributed by atoms with van der Waals surface area (Å²) in [6.45, 7) is 10.6. The number of ketones is 1. The van der Waals surface area contributed by atoms with Crippen molar-refractivity contribution in [2.45, 2.75) is 109 Å². The fraction of sp³-hybridized carbons (Fsp3) is 0.781. The molecule has 0 unspecified atom stereocenters. The van der Waals surface area contributed by atoms with Gasteiger partial charge in [-0.15, -0.1) is 0 Å². The minimum Gasteiger partial charge on any atom is -0.472 e. The first kappa shape index (κ1) is 28.5. The topological polar surface area (TPSA) is 145 Å². The first-order valence-corrected chi connectivity index (χ1v) is 15.3. The second kappa shape index (κ2) is 8.67. The van der Waals surface area contributed by atoms with E-state index in [1.165, 1.54) is 6.92 Å². The van der Waals surface area contributed by atoms with Gasteiger partial charge in [0.05, 0.1) is 48.8 Å². The predicted molar refractivity (Wildman–Crippen MR) is 144 cm³/mol. The highest BCUT2D eigenvalue weighted by molar-refractivity contribution is 5.87. The lowest BCUT2D eigenvalue weighted by Gasteiger charge is -2.72. The molecule has 10 nitrogen and oxygen atoms in total. The maximum absolute atomic E-state index is 14.7. The zero-order chi connectivity index (χ0) is 30.2. The van der Waals surface area contributed by atoms with Gasteiger partial charge in [-0.25, -0.2) is 0 Å². The number of hydrogen-bond acceptors (Lipinski definition) is 10. The molecule has 0 aromatic carbocycles. The molecule has 1 aromatic rings. The van der Waals surface area contributed by atoms with Gasteiger partial charge < -0.3 is 33.6 Å². The second-order valence-corrected chi connectivity index (χ2v) is 14.8. The van der Waals surface area contributed by atoms with E-state index in [9.17, 15) is 24.6 Å². The first-order chi connectivity index (χ1) is 19.7. The molecule has 2 N–H and O–H groups in total. The van der Waals surface area contributed by atoms with Crippen LogP contribution in [-0.2, 0) is 33.3 Å². The van der Waals surface area contributed by atoms with Crippen molar-refractivity contribution in [3.63, 3.8) is 0 Å². The van der Waals surface area contributed by atoms with Crippen LogP contribution in [0.3, 0.4) is 0 Å². The Morgan fingerprint density at radius 2 is 1.81 bits per heavy atom. The quantitative estimate of drug-likeness (QED) is 0.399. The summed E-state index contributed by atoms with van der Waals surface area (Å²) in [7, 11) is 0. The van der Waals surface area contributed by atoms with E-state index in [0.29, 0.717) is 6.42 Å². The molecule has 4 saturated carbocycles. The molecule has 1 spiro atoms. The van der Waals surface area contributed by atoms with Crippen molar-refractivity contribution in [3.8, 4) is 0 Å². The van der Waals surface area contributed by atoms with Crippen LogP contribution >= 0.6 is 0 Å². The number of carbonyl (C=O) groups excluding carboxylic acids is 3. The number of furan rings is 1. The molecule has 42 heavy (non-hydrogen) atoms. The van der Waals surface area contributed by atoms with E-state index in [2.05, 4.69) is 6.92 Å². The van der Waals surface area contributed by atoms with Gasteiger partial charge >= 0.3 is 11.9 Å². The maximum Gasteiger partial charge on any atom is 0.310 e. The van der Waals surface area contributed by atoms with Crippen molar-refractivity contribution in [1.82, 2.24) is 0 Å². The molecule has 2 saturated heterocycles. The van der Waals surface area contributed by atoms with Gasteiger partial charge in [0.2, 0.25) is 6.29 Å². The van der Waals surface area contributed by atoms with Gasteiger partial charge in [-0.2, -0.15) is 0 Å². The van der Waals surface area contributed by atoms with Gasteiger partial charge in [0.15, 0.2) is 0 Å². The summed E-state index contributed by atoms with van der Waals surface area (Å²) in [5.74, 6) is -2.75. The number of fused-ring (bicyclic) bond motifs is 1. The van der Waals surface area contributed by atoms with E-state index in [1.54, 1.807) is 26.4 Å². The maximum atomic E-state index is 14.7. The molecule has 1 aromatic heterocycles. The van der Waals surface area contributed by atoms with Gasteiger partial charge in [-0.3, -0.25) is 14.4 Å². The normalized spacial score (nSPS) is 52.1. The van der Waals surface area contributed by atoms with E-state index < -0.39 is 81.6 Å². The van der Waals surface area contributed by atoms with Crippen molar-refractivity contribution in [1.29, 1.82) is 0 Å². The number of rotatable bonds is 4. The van der Waals surface area contributed by atoms with E-state index >= 15 is 0 Å². The van der Waals surface area contributed by atoms with Crippen LogP contribution < -0.4 is 0 Å². The van der Waals surface area contributed by atoms with Crippen LogP contribution in [0.15, 0.2) is 23.0 Å². The van der Waals surface area contributed by atoms with Crippen molar-refractivity contribution in [2.24, 2.45) is 39.4 Å². The average molecular weight is 587 g/mol. The van der Waals surface area contributed by atoms with Gasteiger partial charge in [0.25, 0.3) is 0 Å². The molecule has 230 valence electrons. The molecule has 7 rings (SSSR count). The Balaban J connectivity index is 1.36. The van der Waals surface area contributed by atoms with Crippen molar-refractivity contribution >= 4 is 17.7 Å². The molecule has 10 heteroatoms. The number of Topliss-reactive ketones (excluding diaryl/α,β-unsaturated/α-hetero) is 1. The zero-order valence-corrected chi connectivity index (χ0v) is 25.1. The Labute approximate surface area is 245 Å². The molecule has 0 radical (unpaired) electrons. The van der Waals surface area contributed by atoms with Crippen LogP contribution in [-0.4, -0.2) is 70.8 Å². The van der Waals surface area contributed by atoms with Gasteiger partial charge in [-0.05, 0) is 43.2 Å². The number of hydrogen-bond donors (Lipinski definition) is 2. The Morgan fingerprint density at radius 3 is 2.45 bits per heavy atom. The summed E-state index contributed by atoms with van der Waals surface area (Å²) in [6, 6.07) is 1.94. The van der Waals surface area contributed by atoms with Crippen LogP contribution in [0.5, 0.6) is 0 Å². The minimum absolute atomic E-state index is 0.0245. The lowest BCUT2D eigenvalue weighted by atomic mass is 9.33. The lowest BCUT2D eigenvalue weighted by molar-refractivity contribution is -0.372. The SMILES string of the molecule is CC(=O)O[C@@H]1C[C@H](O)[C@@]23CO[C@@H](OC(=O)C(C)C)[C@]1(C)[C@@H]2C[C@@H](O)[C@]1(C)[C@@H]3C(=O)C[C@@]2(C)[C@H](c3ccoc3)C[C@H]3O[C@@]312. The molecule has 2 bridgehead atoms. The molecular formula is C32H42O10. The highest BCUT2D eigenvalue weighted by Crippen LogP contribution is 2.82.